The van der Waals surface area contributed by atoms with E-state index in [9.17, 15) is 13.9 Å². The minimum Gasteiger partial charge on any atom is -0.507 e. The molecule has 4 heteroatoms. The minimum absolute atomic E-state index is 0.0583. The van der Waals surface area contributed by atoms with E-state index < -0.39 is 11.6 Å². The number of pyridine rings is 1. The first-order chi connectivity index (χ1) is 8.16. The maximum atomic E-state index is 13.3. The van der Waals surface area contributed by atoms with Crippen LogP contribution in [0.2, 0.25) is 0 Å². The molecule has 0 amide bonds. The summed E-state index contributed by atoms with van der Waals surface area (Å²) in [6.07, 6.45) is 2.87. The first-order valence-electron chi connectivity index (χ1n) is 4.94. The number of aliphatic hydroxyl groups excluding tert-OH is 1. The van der Waals surface area contributed by atoms with Crippen LogP contribution in [0.3, 0.4) is 0 Å². The highest BCUT2D eigenvalue weighted by Gasteiger charge is 2.07. The van der Waals surface area contributed by atoms with Crippen molar-refractivity contribution >= 4 is 11.8 Å². The van der Waals surface area contributed by atoms with Crippen LogP contribution in [-0.4, -0.2) is 10.1 Å². The van der Waals surface area contributed by atoms with Gasteiger partial charge in [0.25, 0.3) is 0 Å². The fourth-order valence-corrected chi connectivity index (χ4v) is 1.38. The molecule has 0 spiro atoms. The summed E-state index contributed by atoms with van der Waals surface area (Å²) in [6.45, 7) is 0. The van der Waals surface area contributed by atoms with Crippen molar-refractivity contribution in [1.29, 1.82) is 0 Å². The Labute approximate surface area is 96.9 Å². The van der Waals surface area contributed by atoms with Crippen molar-refractivity contribution in [3.8, 4) is 0 Å². The summed E-state index contributed by atoms with van der Waals surface area (Å²) < 4.78 is 26.0. The maximum Gasteiger partial charge on any atom is 0.137 e. The Morgan fingerprint density at radius 3 is 2.65 bits per heavy atom. The van der Waals surface area contributed by atoms with Crippen LogP contribution in [0.15, 0.2) is 42.6 Å². The highest BCUT2D eigenvalue weighted by atomic mass is 19.1. The second-order valence-electron chi connectivity index (χ2n) is 3.41. The fraction of sp³-hybridized carbons (Fsp3) is 0. The SMILES string of the molecule is O/C(=C/c1ccccn1)c1ccc(F)cc1F. The minimum atomic E-state index is -0.810. The first kappa shape index (κ1) is 11.3. The quantitative estimate of drug-likeness (QED) is 0.806. The van der Waals surface area contributed by atoms with Gasteiger partial charge in [-0.1, -0.05) is 6.07 Å². The lowest BCUT2D eigenvalue weighted by atomic mass is 10.1. The number of hydrogen-bond donors (Lipinski definition) is 1. The van der Waals surface area contributed by atoms with Gasteiger partial charge in [0, 0.05) is 18.3 Å². The number of halogens is 2. The monoisotopic (exact) mass is 233 g/mol. The zero-order valence-corrected chi connectivity index (χ0v) is 8.77. The maximum absolute atomic E-state index is 13.3. The van der Waals surface area contributed by atoms with Gasteiger partial charge < -0.3 is 5.11 Å². The highest BCUT2D eigenvalue weighted by molar-refractivity contribution is 5.75. The molecular weight excluding hydrogens is 224 g/mol. The van der Waals surface area contributed by atoms with Crippen LogP contribution < -0.4 is 0 Å². The standard InChI is InChI=1S/C13H9F2NO/c14-9-4-5-11(12(15)7-9)13(17)8-10-3-1-2-6-16-10/h1-8,17H/b13-8+. The molecule has 0 fully saturated rings. The van der Waals surface area contributed by atoms with Crippen LogP contribution in [-0.2, 0) is 0 Å². The van der Waals surface area contributed by atoms with Gasteiger partial charge in [-0.25, -0.2) is 8.78 Å². The van der Waals surface area contributed by atoms with Gasteiger partial charge in [0.1, 0.15) is 17.4 Å². The molecule has 86 valence electrons. The van der Waals surface area contributed by atoms with Crippen molar-refractivity contribution in [3.63, 3.8) is 0 Å². The Hall–Kier alpha value is -2.23. The van der Waals surface area contributed by atoms with E-state index in [-0.39, 0.29) is 11.3 Å². The van der Waals surface area contributed by atoms with Crippen LogP contribution in [0.1, 0.15) is 11.3 Å². The van der Waals surface area contributed by atoms with E-state index in [4.69, 9.17) is 0 Å². The summed E-state index contributed by atoms with van der Waals surface area (Å²) in [5.74, 6) is -1.78. The second kappa shape index (κ2) is 4.74. The number of aliphatic hydroxyl groups is 1. The van der Waals surface area contributed by atoms with Crippen molar-refractivity contribution in [2.45, 2.75) is 0 Å². The molecule has 0 saturated carbocycles. The summed E-state index contributed by atoms with van der Waals surface area (Å²) in [6, 6.07) is 8.12. The smallest absolute Gasteiger partial charge is 0.137 e. The van der Waals surface area contributed by atoms with Crippen molar-refractivity contribution in [2.75, 3.05) is 0 Å². The van der Waals surface area contributed by atoms with Crippen LogP contribution in [0.5, 0.6) is 0 Å². The molecule has 2 aromatic rings. The molecule has 1 aromatic heterocycles. The number of benzene rings is 1. The largest absolute Gasteiger partial charge is 0.507 e. The molecule has 1 aromatic carbocycles. The van der Waals surface area contributed by atoms with Gasteiger partial charge in [-0.15, -0.1) is 0 Å². The number of rotatable bonds is 2. The van der Waals surface area contributed by atoms with Gasteiger partial charge in [0.15, 0.2) is 0 Å². The topological polar surface area (TPSA) is 33.1 Å². The van der Waals surface area contributed by atoms with Crippen molar-refractivity contribution in [1.82, 2.24) is 4.98 Å². The normalized spacial score (nSPS) is 11.5. The molecule has 2 nitrogen and oxygen atoms in total. The van der Waals surface area contributed by atoms with Gasteiger partial charge in [-0.05, 0) is 24.3 Å². The third-order valence-electron chi connectivity index (χ3n) is 2.18. The van der Waals surface area contributed by atoms with Gasteiger partial charge in [0.2, 0.25) is 0 Å². The molecule has 0 bridgehead atoms. The number of hydrogen-bond acceptors (Lipinski definition) is 2. The van der Waals surface area contributed by atoms with Crippen molar-refractivity contribution in [3.05, 3.63) is 65.5 Å². The Morgan fingerprint density at radius 2 is 2.00 bits per heavy atom. The van der Waals surface area contributed by atoms with Gasteiger partial charge in [-0.2, -0.15) is 0 Å². The molecule has 0 aliphatic heterocycles. The van der Waals surface area contributed by atoms with Crippen LogP contribution in [0.25, 0.3) is 11.8 Å². The summed E-state index contributed by atoms with van der Waals surface area (Å²) in [7, 11) is 0. The third kappa shape index (κ3) is 2.66. The summed E-state index contributed by atoms with van der Waals surface area (Å²) in [4.78, 5) is 3.96. The van der Waals surface area contributed by atoms with Crippen LogP contribution in [0, 0.1) is 11.6 Å². The van der Waals surface area contributed by atoms with Crippen LogP contribution in [0.4, 0.5) is 8.78 Å². The van der Waals surface area contributed by atoms with Gasteiger partial charge in [0.05, 0.1) is 11.3 Å². The molecule has 0 radical (unpaired) electrons. The Morgan fingerprint density at radius 1 is 1.18 bits per heavy atom. The predicted octanol–water partition coefficient (Wildman–Crippen LogP) is 3.42. The van der Waals surface area contributed by atoms with E-state index in [0.717, 1.165) is 12.1 Å². The molecule has 17 heavy (non-hydrogen) atoms. The lowest BCUT2D eigenvalue weighted by Gasteiger charge is -2.02. The predicted molar refractivity (Wildman–Crippen MR) is 61.1 cm³/mol. The van der Waals surface area contributed by atoms with Gasteiger partial charge >= 0.3 is 0 Å². The number of aromatic nitrogens is 1. The fourth-order valence-electron chi connectivity index (χ4n) is 1.38. The molecule has 0 atom stereocenters. The molecule has 0 aliphatic rings. The lowest BCUT2D eigenvalue weighted by Crippen LogP contribution is -1.91. The molecule has 2 rings (SSSR count). The zero-order chi connectivity index (χ0) is 12.3. The molecule has 0 aliphatic carbocycles. The second-order valence-corrected chi connectivity index (χ2v) is 3.41. The average molecular weight is 233 g/mol. The van der Waals surface area contributed by atoms with E-state index in [0.29, 0.717) is 5.69 Å². The molecule has 0 unspecified atom stereocenters. The molecule has 1 N–H and O–H groups in total. The number of nitrogens with zero attached hydrogens (tertiary/aromatic N) is 1. The van der Waals surface area contributed by atoms with Crippen molar-refractivity contribution in [2.24, 2.45) is 0 Å². The Kier molecular flexibility index (Phi) is 3.14. The van der Waals surface area contributed by atoms with E-state index >= 15 is 0 Å². The molecule has 1 heterocycles. The molecular formula is C13H9F2NO. The summed E-state index contributed by atoms with van der Waals surface area (Å²) in [5, 5.41) is 9.70. The summed E-state index contributed by atoms with van der Waals surface area (Å²) in [5.41, 5.74) is 0.436. The third-order valence-corrected chi connectivity index (χ3v) is 2.18. The van der Waals surface area contributed by atoms with E-state index in [2.05, 4.69) is 4.98 Å². The first-order valence-corrected chi connectivity index (χ1v) is 4.94. The highest BCUT2D eigenvalue weighted by Crippen LogP contribution is 2.18. The average Bonchev–Trinajstić information content (AvgIpc) is 2.30. The summed E-state index contributed by atoms with van der Waals surface area (Å²) >= 11 is 0. The van der Waals surface area contributed by atoms with Crippen LogP contribution >= 0.6 is 0 Å². The Balaban J connectivity index is 2.37. The molecule has 0 saturated heterocycles. The Bertz CT molecular complexity index is 553. The van der Waals surface area contributed by atoms with E-state index in [1.165, 1.54) is 12.1 Å². The lowest BCUT2D eigenvalue weighted by molar-refractivity contribution is 0.503. The van der Waals surface area contributed by atoms with E-state index in [1.54, 1.807) is 24.4 Å². The zero-order valence-electron chi connectivity index (χ0n) is 8.77. The van der Waals surface area contributed by atoms with Crippen molar-refractivity contribution < 1.29 is 13.9 Å². The van der Waals surface area contributed by atoms with E-state index in [1.807, 2.05) is 0 Å². The van der Waals surface area contributed by atoms with Gasteiger partial charge in [-0.3, -0.25) is 4.98 Å².